The largest absolute Gasteiger partial charge is 0.344 e. The number of rotatable bonds is 4. The second-order valence-corrected chi connectivity index (χ2v) is 5.83. The van der Waals surface area contributed by atoms with Gasteiger partial charge in [0.05, 0.1) is 11.6 Å². The molecule has 2 N–H and O–H groups in total. The van der Waals surface area contributed by atoms with Gasteiger partial charge in [0.25, 0.3) is 11.8 Å². The molecule has 0 aromatic heterocycles. The number of amides is 4. The highest BCUT2D eigenvalue weighted by molar-refractivity contribution is 6.09. The van der Waals surface area contributed by atoms with E-state index in [2.05, 4.69) is 10.7 Å². The molecule has 0 radical (unpaired) electrons. The van der Waals surface area contributed by atoms with Gasteiger partial charge in [-0.1, -0.05) is 43.3 Å². The Balaban J connectivity index is 1.87. The molecule has 0 unspecified atom stereocenters. The van der Waals surface area contributed by atoms with E-state index in [0.29, 0.717) is 22.6 Å². The molecule has 3 rings (SSSR count). The monoisotopic (exact) mass is 348 g/mol. The number of nitriles is 1. The second-order valence-electron chi connectivity index (χ2n) is 5.83. The van der Waals surface area contributed by atoms with Gasteiger partial charge in [-0.2, -0.15) is 10.3 Å². The summed E-state index contributed by atoms with van der Waals surface area (Å²) in [6, 6.07) is 16.1. The normalized spacial score (nSPS) is 19.0. The summed E-state index contributed by atoms with van der Waals surface area (Å²) in [7, 11) is 0. The number of hydrogen-bond donors (Lipinski definition) is 2. The predicted octanol–water partition coefficient (Wildman–Crippen LogP) is 2.06. The molecule has 2 aromatic carbocycles. The van der Waals surface area contributed by atoms with Crippen LogP contribution in [0.15, 0.2) is 54.6 Å². The summed E-state index contributed by atoms with van der Waals surface area (Å²) in [4.78, 5) is 37.7. The van der Waals surface area contributed by atoms with Gasteiger partial charge in [0.2, 0.25) is 0 Å². The fourth-order valence-corrected chi connectivity index (χ4v) is 2.93. The highest BCUT2D eigenvalue weighted by atomic mass is 16.2. The highest BCUT2D eigenvalue weighted by Crippen LogP contribution is 2.31. The first kappa shape index (κ1) is 17.2. The van der Waals surface area contributed by atoms with Gasteiger partial charge in [-0.3, -0.25) is 15.0 Å². The van der Waals surface area contributed by atoms with Crippen LogP contribution >= 0.6 is 0 Å². The molecule has 7 nitrogen and oxygen atoms in total. The number of benzene rings is 2. The van der Waals surface area contributed by atoms with Crippen LogP contribution in [0.4, 0.5) is 4.79 Å². The van der Waals surface area contributed by atoms with Gasteiger partial charge in [0.15, 0.2) is 0 Å². The molecule has 26 heavy (non-hydrogen) atoms. The second kappa shape index (κ2) is 6.69. The van der Waals surface area contributed by atoms with E-state index in [0.717, 1.165) is 0 Å². The number of nitrogens with one attached hydrogen (secondary N) is 2. The zero-order chi connectivity index (χ0) is 18.7. The molecular weight excluding hydrogens is 332 g/mol. The Morgan fingerprint density at radius 2 is 1.92 bits per heavy atom. The van der Waals surface area contributed by atoms with E-state index in [1.807, 2.05) is 12.1 Å². The minimum atomic E-state index is -1.22. The molecule has 1 fully saturated rings. The van der Waals surface area contributed by atoms with Crippen LogP contribution in [-0.4, -0.2) is 22.9 Å². The van der Waals surface area contributed by atoms with Crippen LogP contribution in [0.3, 0.4) is 0 Å². The average Bonchev–Trinajstić information content (AvgIpc) is 2.93. The summed E-state index contributed by atoms with van der Waals surface area (Å²) in [6.07, 6.45) is 0.331. The van der Waals surface area contributed by atoms with Crippen molar-refractivity contribution in [2.75, 3.05) is 0 Å². The number of hydrogen-bond acceptors (Lipinski definition) is 4. The van der Waals surface area contributed by atoms with E-state index < -0.39 is 23.4 Å². The van der Waals surface area contributed by atoms with Crippen molar-refractivity contribution < 1.29 is 14.4 Å². The molecule has 0 saturated carbocycles. The fourth-order valence-electron chi connectivity index (χ4n) is 2.93. The first-order valence-corrected chi connectivity index (χ1v) is 8.05. The van der Waals surface area contributed by atoms with E-state index in [4.69, 9.17) is 5.26 Å². The SMILES string of the molecule is CC[C@]1(c2ccccc2)NC(=O)N(NC(=O)c2cccc(C#N)c2)C1=O. The predicted molar refractivity (Wildman–Crippen MR) is 92.4 cm³/mol. The van der Waals surface area contributed by atoms with Gasteiger partial charge in [-0.25, -0.2) is 4.79 Å². The van der Waals surface area contributed by atoms with Gasteiger partial charge in [0, 0.05) is 5.56 Å². The van der Waals surface area contributed by atoms with Crippen molar-refractivity contribution in [2.24, 2.45) is 0 Å². The fraction of sp³-hybridized carbons (Fsp3) is 0.158. The summed E-state index contributed by atoms with van der Waals surface area (Å²) in [6.45, 7) is 1.78. The highest BCUT2D eigenvalue weighted by Gasteiger charge is 2.52. The van der Waals surface area contributed by atoms with Crippen LogP contribution in [0.25, 0.3) is 0 Å². The maximum Gasteiger partial charge on any atom is 0.344 e. The van der Waals surface area contributed by atoms with Crippen LogP contribution in [0.5, 0.6) is 0 Å². The van der Waals surface area contributed by atoms with E-state index in [1.165, 1.54) is 12.1 Å². The van der Waals surface area contributed by atoms with Crippen molar-refractivity contribution in [1.29, 1.82) is 5.26 Å². The van der Waals surface area contributed by atoms with Crippen LogP contribution < -0.4 is 10.7 Å². The number of nitrogens with zero attached hydrogens (tertiary/aromatic N) is 2. The zero-order valence-electron chi connectivity index (χ0n) is 14.0. The van der Waals surface area contributed by atoms with Crippen molar-refractivity contribution >= 4 is 17.8 Å². The minimum absolute atomic E-state index is 0.179. The molecular formula is C19H16N4O3. The molecule has 2 aromatic rings. The summed E-state index contributed by atoms with van der Waals surface area (Å²) in [5.41, 5.74) is 2.24. The Labute approximate surface area is 150 Å². The molecule has 1 atom stereocenters. The van der Waals surface area contributed by atoms with Crippen LogP contribution in [0.1, 0.15) is 34.8 Å². The van der Waals surface area contributed by atoms with Gasteiger partial charge in [0.1, 0.15) is 5.54 Å². The topological polar surface area (TPSA) is 102 Å². The summed E-state index contributed by atoms with van der Waals surface area (Å²) < 4.78 is 0. The minimum Gasteiger partial charge on any atom is -0.318 e. The number of carbonyl (C=O) groups excluding carboxylic acids is 3. The quantitative estimate of drug-likeness (QED) is 0.826. The molecule has 1 heterocycles. The molecule has 7 heteroatoms. The molecule has 1 aliphatic rings. The third-order valence-electron chi connectivity index (χ3n) is 4.36. The summed E-state index contributed by atoms with van der Waals surface area (Å²) in [5, 5.41) is 12.3. The van der Waals surface area contributed by atoms with Crippen molar-refractivity contribution in [3.63, 3.8) is 0 Å². The van der Waals surface area contributed by atoms with Crippen LogP contribution in [0, 0.1) is 11.3 Å². The smallest absolute Gasteiger partial charge is 0.318 e. The van der Waals surface area contributed by atoms with Gasteiger partial charge in [-0.15, -0.1) is 0 Å². The number of carbonyl (C=O) groups is 3. The van der Waals surface area contributed by atoms with E-state index >= 15 is 0 Å². The maximum atomic E-state index is 12.9. The molecule has 1 saturated heterocycles. The standard InChI is InChI=1S/C19H16N4O3/c1-2-19(15-9-4-3-5-10-15)17(25)23(18(26)21-19)22-16(24)14-8-6-7-13(11-14)12-20/h3-11H,2H2,1H3,(H,21,26)(H,22,24)/t19-/m1/s1. The van der Waals surface area contributed by atoms with Gasteiger partial charge < -0.3 is 5.32 Å². The van der Waals surface area contributed by atoms with Gasteiger partial charge >= 0.3 is 6.03 Å². The number of urea groups is 1. The Bertz CT molecular complexity index is 920. The lowest BCUT2D eigenvalue weighted by Crippen LogP contribution is -2.48. The third-order valence-corrected chi connectivity index (χ3v) is 4.36. The lowest BCUT2D eigenvalue weighted by atomic mass is 9.87. The summed E-state index contributed by atoms with van der Waals surface area (Å²) >= 11 is 0. The first-order valence-electron chi connectivity index (χ1n) is 8.05. The van der Waals surface area contributed by atoms with Gasteiger partial charge in [-0.05, 0) is 30.2 Å². The lowest BCUT2D eigenvalue weighted by molar-refractivity contribution is -0.133. The Hall–Kier alpha value is -3.66. The first-order chi connectivity index (χ1) is 12.5. The molecule has 4 amide bonds. The van der Waals surface area contributed by atoms with Crippen molar-refractivity contribution in [2.45, 2.75) is 18.9 Å². The van der Waals surface area contributed by atoms with E-state index in [1.54, 1.807) is 43.3 Å². The molecule has 130 valence electrons. The molecule has 0 aliphatic carbocycles. The maximum absolute atomic E-state index is 12.9. The Morgan fingerprint density at radius 1 is 1.19 bits per heavy atom. The van der Waals surface area contributed by atoms with E-state index in [9.17, 15) is 14.4 Å². The van der Waals surface area contributed by atoms with Crippen molar-refractivity contribution in [3.8, 4) is 6.07 Å². The molecule has 0 spiro atoms. The summed E-state index contributed by atoms with van der Waals surface area (Å²) in [5.74, 6) is -1.20. The zero-order valence-corrected chi connectivity index (χ0v) is 14.0. The number of imide groups is 1. The average molecular weight is 348 g/mol. The lowest BCUT2D eigenvalue weighted by Gasteiger charge is -2.25. The van der Waals surface area contributed by atoms with Crippen LogP contribution in [0.2, 0.25) is 0 Å². The Morgan fingerprint density at radius 3 is 2.58 bits per heavy atom. The van der Waals surface area contributed by atoms with Crippen molar-refractivity contribution in [3.05, 3.63) is 71.3 Å². The number of hydrazine groups is 1. The van der Waals surface area contributed by atoms with Crippen LogP contribution in [-0.2, 0) is 10.3 Å². The molecule has 0 bridgehead atoms. The third kappa shape index (κ3) is 2.78. The van der Waals surface area contributed by atoms with E-state index in [-0.39, 0.29) is 5.56 Å². The molecule has 1 aliphatic heterocycles. The Kier molecular flexibility index (Phi) is 4.42. The van der Waals surface area contributed by atoms with Crippen molar-refractivity contribution in [1.82, 2.24) is 15.8 Å².